The van der Waals surface area contributed by atoms with Gasteiger partial charge in [0.15, 0.2) is 0 Å². The maximum atomic E-state index is 13.0. The highest BCUT2D eigenvalue weighted by Gasteiger charge is 2.33. The molecule has 27 heavy (non-hydrogen) atoms. The van der Waals surface area contributed by atoms with Crippen molar-refractivity contribution < 1.29 is 18.0 Å². The van der Waals surface area contributed by atoms with Gasteiger partial charge >= 0.3 is 6.18 Å². The number of hydrogen-bond donors (Lipinski definition) is 1. The van der Waals surface area contributed by atoms with Crippen molar-refractivity contribution in [2.75, 3.05) is 5.32 Å². The second kappa shape index (κ2) is 7.26. The highest BCUT2D eigenvalue weighted by molar-refractivity contribution is 9.10. The molecule has 0 spiro atoms. The van der Waals surface area contributed by atoms with Crippen molar-refractivity contribution in [3.05, 3.63) is 51.5 Å². The van der Waals surface area contributed by atoms with Crippen LogP contribution in [0.4, 0.5) is 18.9 Å². The molecule has 2 aromatic heterocycles. The number of hydrogen-bond acceptors (Lipinski definition) is 4. The van der Waals surface area contributed by atoms with Gasteiger partial charge in [0.25, 0.3) is 5.78 Å². The molecule has 0 bridgehead atoms. The quantitative estimate of drug-likeness (QED) is 0.661. The Labute approximate surface area is 160 Å². The van der Waals surface area contributed by atoms with Gasteiger partial charge in [-0.25, -0.2) is 9.50 Å². The van der Waals surface area contributed by atoms with E-state index in [9.17, 15) is 18.0 Å². The van der Waals surface area contributed by atoms with Gasteiger partial charge in [0.05, 0.1) is 5.56 Å². The summed E-state index contributed by atoms with van der Waals surface area (Å²) in [4.78, 5) is 20.6. The summed E-state index contributed by atoms with van der Waals surface area (Å²) in [5.74, 6) is 0.0932. The van der Waals surface area contributed by atoms with Gasteiger partial charge in [0.2, 0.25) is 5.91 Å². The second-order valence-electron chi connectivity index (χ2n) is 5.97. The van der Waals surface area contributed by atoms with Crippen LogP contribution in [0.5, 0.6) is 0 Å². The lowest BCUT2D eigenvalue weighted by molar-refractivity contribution is -0.138. The molecular formula is C17H15BrF3N5O. The van der Waals surface area contributed by atoms with Crippen molar-refractivity contribution in [1.29, 1.82) is 0 Å². The van der Waals surface area contributed by atoms with Crippen LogP contribution < -0.4 is 5.32 Å². The Hall–Kier alpha value is -2.49. The van der Waals surface area contributed by atoms with Crippen LogP contribution in [-0.2, 0) is 17.4 Å². The van der Waals surface area contributed by atoms with E-state index in [1.807, 2.05) is 13.8 Å². The standard InChI is InChI=1S/C17H15BrF3N5O/c1-9-12(10(2)26-16(24-9)22-8-23-26)4-6-15(27)25-11-3-5-14(18)13(7-11)17(19,20)21/h3,5,7-8H,4,6H2,1-2H3,(H,25,27). The lowest BCUT2D eigenvalue weighted by atomic mass is 10.1. The molecule has 0 radical (unpaired) electrons. The van der Waals surface area contributed by atoms with E-state index in [0.717, 1.165) is 23.0 Å². The largest absolute Gasteiger partial charge is 0.417 e. The van der Waals surface area contributed by atoms with Gasteiger partial charge in [0, 0.05) is 28.0 Å². The zero-order valence-electron chi connectivity index (χ0n) is 14.4. The number of nitrogens with one attached hydrogen (secondary N) is 1. The monoisotopic (exact) mass is 441 g/mol. The predicted octanol–water partition coefficient (Wildman–Crippen LogP) is 4.09. The third kappa shape index (κ3) is 4.10. The first-order chi connectivity index (χ1) is 12.7. The summed E-state index contributed by atoms with van der Waals surface area (Å²) in [6.45, 7) is 3.67. The Bertz CT molecular complexity index is 1020. The molecule has 0 atom stereocenters. The maximum absolute atomic E-state index is 13.0. The van der Waals surface area contributed by atoms with E-state index in [4.69, 9.17) is 0 Å². The molecule has 0 aliphatic carbocycles. The van der Waals surface area contributed by atoms with Crippen molar-refractivity contribution in [3.8, 4) is 0 Å². The summed E-state index contributed by atoms with van der Waals surface area (Å²) in [6.07, 6.45) is -2.63. The number of nitrogens with zero attached hydrogens (tertiary/aromatic N) is 4. The van der Waals surface area contributed by atoms with Gasteiger partial charge in [-0.2, -0.15) is 23.3 Å². The van der Waals surface area contributed by atoms with Crippen LogP contribution in [0.1, 0.15) is 28.9 Å². The normalized spacial score (nSPS) is 11.8. The van der Waals surface area contributed by atoms with Crippen LogP contribution in [0.3, 0.4) is 0 Å². The van der Waals surface area contributed by atoms with Crippen LogP contribution >= 0.6 is 15.9 Å². The third-order valence-corrected chi connectivity index (χ3v) is 4.84. The lowest BCUT2D eigenvalue weighted by Gasteiger charge is -2.13. The number of rotatable bonds is 4. The highest BCUT2D eigenvalue weighted by atomic mass is 79.9. The fourth-order valence-corrected chi connectivity index (χ4v) is 3.27. The van der Waals surface area contributed by atoms with Gasteiger partial charge < -0.3 is 5.32 Å². The number of carbonyl (C=O) groups excluding carboxylic acids is 1. The number of halogens is 4. The molecule has 3 rings (SSSR count). The molecular weight excluding hydrogens is 427 g/mol. The number of fused-ring (bicyclic) bond motifs is 1. The van der Waals surface area contributed by atoms with E-state index < -0.39 is 11.7 Å². The predicted molar refractivity (Wildman–Crippen MR) is 96.4 cm³/mol. The molecule has 2 heterocycles. The molecule has 0 fully saturated rings. The number of amides is 1. The van der Waals surface area contributed by atoms with Gasteiger partial charge in [-0.05, 0) is 44.0 Å². The fraction of sp³-hybridized carbons (Fsp3) is 0.294. The zero-order valence-corrected chi connectivity index (χ0v) is 16.0. The summed E-state index contributed by atoms with van der Waals surface area (Å²) in [5.41, 5.74) is 1.67. The minimum absolute atomic E-state index is 0.0774. The molecule has 10 heteroatoms. The number of anilines is 1. The van der Waals surface area contributed by atoms with E-state index in [0.29, 0.717) is 12.2 Å². The molecule has 0 aliphatic heterocycles. The molecule has 0 saturated carbocycles. The molecule has 0 aliphatic rings. The molecule has 3 aromatic rings. The van der Waals surface area contributed by atoms with Crippen LogP contribution in [-0.4, -0.2) is 25.5 Å². The summed E-state index contributed by atoms with van der Waals surface area (Å²) in [6, 6.07) is 3.58. The maximum Gasteiger partial charge on any atom is 0.417 e. The Morgan fingerprint density at radius 3 is 2.74 bits per heavy atom. The average Bonchev–Trinajstić information content (AvgIpc) is 3.04. The van der Waals surface area contributed by atoms with Crippen molar-refractivity contribution >= 4 is 33.3 Å². The van der Waals surface area contributed by atoms with Crippen LogP contribution in [0.2, 0.25) is 0 Å². The molecule has 0 unspecified atom stereocenters. The lowest BCUT2D eigenvalue weighted by Crippen LogP contribution is -2.15. The third-order valence-electron chi connectivity index (χ3n) is 4.15. The van der Waals surface area contributed by atoms with E-state index in [-0.39, 0.29) is 22.5 Å². The van der Waals surface area contributed by atoms with Crippen LogP contribution in [0.15, 0.2) is 29.0 Å². The zero-order chi connectivity index (χ0) is 19.8. The van der Waals surface area contributed by atoms with E-state index in [1.165, 1.54) is 18.5 Å². The Balaban J connectivity index is 1.72. The van der Waals surface area contributed by atoms with Gasteiger partial charge in [-0.1, -0.05) is 15.9 Å². The Morgan fingerprint density at radius 1 is 1.30 bits per heavy atom. The number of benzene rings is 1. The summed E-state index contributed by atoms with van der Waals surface area (Å²) in [5, 5.41) is 6.60. The minimum atomic E-state index is -4.51. The molecule has 1 amide bonds. The average molecular weight is 442 g/mol. The van der Waals surface area contributed by atoms with Gasteiger partial charge in [-0.15, -0.1) is 0 Å². The summed E-state index contributed by atoms with van der Waals surface area (Å²) < 4.78 is 40.4. The van der Waals surface area contributed by atoms with E-state index in [1.54, 1.807) is 4.52 Å². The van der Waals surface area contributed by atoms with E-state index in [2.05, 4.69) is 36.3 Å². The van der Waals surface area contributed by atoms with Gasteiger partial charge in [-0.3, -0.25) is 4.79 Å². The van der Waals surface area contributed by atoms with E-state index >= 15 is 0 Å². The Morgan fingerprint density at radius 2 is 2.04 bits per heavy atom. The molecule has 1 N–H and O–H groups in total. The SMILES string of the molecule is Cc1nc2ncnn2c(C)c1CCC(=O)Nc1ccc(Br)c(C(F)(F)F)c1. The number of alkyl halides is 3. The number of aromatic nitrogens is 4. The topological polar surface area (TPSA) is 72.2 Å². The number of carbonyl (C=O) groups is 1. The highest BCUT2D eigenvalue weighted by Crippen LogP contribution is 2.36. The molecule has 6 nitrogen and oxygen atoms in total. The molecule has 0 saturated heterocycles. The smallest absolute Gasteiger partial charge is 0.326 e. The van der Waals surface area contributed by atoms with Gasteiger partial charge in [0.1, 0.15) is 6.33 Å². The van der Waals surface area contributed by atoms with Crippen molar-refractivity contribution in [3.63, 3.8) is 0 Å². The van der Waals surface area contributed by atoms with Crippen LogP contribution in [0, 0.1) is 13.8 Å². The van der Waals surface area contributed by atoms with Crippen LogP contribution in [0.25, 0.3) is 5.78 Å². The minimum Gasteiger partial charge on any atom is -0.326 e. The number of aryl methyl sites for hydroxylation is 2. The first kappa shape index (κ1) is 19.3. The fourth-order valence-electron chi connectivity index (χ4n) is 2.80. The Kier molecular flexibility index (Phi) is 5.18. The van der Waals surface area contributed by atoms with Crippen molar-refractivity contribution in [2.24, 2.45) is 0 Å². The molecule has 1 aromatic carbocycles. The summed E-state index contributed by atoms with van der Waals surface area (Å²) >= 11 is 2.87. The first-order valence-corrected chi connectivity index (χ1v) is 8.78. The first-order valence-electron chi connectivity index (χ1n) is 7.99. The van der Waals surface area contributed by atoms with Crippen molar-refractivity contribution in [2.45, 2.75) is 32.9 Å². The van der Waals surface area contributed by atoms with Crippen molar-refractivity contribution in [1.82, 2.24) is 19.6 Å². The summed E-state index contributed by atoms with van der Waals surface area (Å²) in [7, 11) is 0. The molecule has 142 valence electrons. The second-order valence-corrected chi connectivity index (χ2v) is 6.83.